The Bertz CT molecular complexity index is 1100. The number of hydrogen-bond donors (Lipinski definition) is 4. The van der Waals surface area contributed by atoms with Crippen LogP contribution in [0.1, 0.15) is 87.1 Å². The van der Waals surface area contributed by atoms with Crippen molar-refractivity contribution in [3.05, 3.63) is 23.8 Å². The summed E-state index contributed by atoms with van der Waals surface area (Å²) in [4.78, 5) is 38.0. The number of rotatable bonds is 20. The van der Waals surface area contributed by atoms with Gasteiger partial charge < -0.3 is 40.4 Å². The number of carbonyl (C=O) groups is 3. The molecule has 11 heteroatoms. The zero-order valence-corrected chi connectivity index (χ0v) is 30.0. The maximum Gasteiger partial charge on any atom is 0.407 e. The number of primary amides is 1. The van der Waals surface area contributed by atoms with E-state index in [-0.39, 0.29) is 36.6 Å². The lowest BCUT2D eigenvalue weighted by molar-refractivity contribution is -0.130. The molecule has 5 N–H and O–H groups in total. The molecule has 0 spiro atoms. The number of carbonyl (C=O) groups excluding carboxylic acids is 3. The average molecular weight is 652 g/mol. The van der Waals surface area contributed by atoms with E-state index in [1.54, 1.807) is 48.8 Å². The third-order valence-corrected chi connectivity index (χ3v) is 8.15. The molecule has 0 aliphatic heterocycles. The topological polar surface area (TPSA) is 158 Å². The standard InChI is InChI=1S/C35H61N3O8/c1-22(2)25(17-24-13-14-29(44-11)30(18-24)45-16-12-15-43-10)19-27(38-33(42)46-34(5,6)7)28(39)20-26(23(3)4)31(40)37-21-35(8,9)32(36)41/h13-14,18,22-23,25-28,39H,12,15-17,19-21H2,1-11H3,(H2,36,41)(H,37,40)(H,38,42)/t25-,26-,27+,28+/m1/s1. The molecule has 1 aromatic rings. The minimum absolute atomic E-state index is 0.0482. The second-order valence-corrected chi connectivity index (χ2v) is 14.5. The first-order valence-corrected chi connectivity index (χ1v) is 16.3. The Morgan fingerprint density at radius 3 is 2.11 bits per heavy atom. The molecule has 0 aliphatic carbocycles. The fourth-order valence-corrected chi connectivity index (χ4v) is 4.97. The predicted octanol–water partition coefficient (Wildman–Crippen LogP) is 4.86. The van der Waals surface area contributed by atoms with Crippen LogP contribution in [0, 0.1) is 29.1 Å². The van der Waals surface area contributed by atoms with Gasteiger partial charge in [0.2, 0.25) is 11.8 Å². The van der Waals surface area contributed by atoms with Gasteiger partial charge in [-0.3, -0.25) is 9.59 Å². The van der Waals surface area contributed by atoms with Crippen molar-refractivity contribution in [2.45, 2.75) is 106 Å². The van der Waals surface area contributed by atoms with Crippen LogP contribution in [0.15, 0.2) is 18.2 Å². The van der Waals surface area contributed by atoms with E-state index in [4.69, 9.17) is 24.7 Å². The second-order valence-electron chi connectivity index (χ2n) is 14.5. The van der Waals surface area contributed by atoms with Gasteiger partial charge in [-0.15, -0.1) is 0 Å². The first kappa shape index (κ1) is 41.0. The summed E-state index contributed by atoms with van der Waals surface area (Å²) in [7, 11) is 3.26. The number of aliphatic hydroxyl groups is 1. The van der Waals surface area contributed by atoms with Gasteiger partial charge in [0.05, 0.1) is 31.3 Å². The van der Waals surface area contributed by atoms with Crippen LogP contribution >= 0.6 is 0 Å². The highest BCUT2D eigenvalue weighted by atomic mass is 16.6. The minimum Gasteiger partial charge on any atom is -0.493 e. The summed E-state index contributed by atoms with van der Waals surface area (Å²) in [6.45, 7) is 17.9. The van der Waals surface area contributed by atoms with E-state index in [9.17, 15) is 19.5 Å². The summed E-state index contributed by atoms with van der Waals surface area (Å²) in [5.74, 6) is 0.0461. The highest BCUT2D eigenvalue weighted by Crippen LogP contribution is 2.32. The van der Waals surface area contributed by atoms with E-state index in [1.807, 2.05) is 32.0 Å². The number of hydrogen-bond acceptors (Lipinski definition) is 8. The molecule has 0 fully saturated rings. The molecule has 0 aromatic heterocycles. The largest absolute Gasteiger partial charge is 0.493 e. The molecule has 11 nitrogen and oxygen atoms in total. The molecule has 0 bridgehead atoms. The van der Waals surface area contributed by atoms with Gasteiger partial charge in [-0.05, 0) is 89.3 Å². The first-order chi connectivity index (χ1) is 21.3. The van der Waals surface area contributed by atoms with E-state index in [1.165, 1.54) is 0 Å². The maximum atomic E-state index is 13.3. The van der Waals surface area contributed by atoms with E-state index < -0.39 is 41.1 Å². The first-order valence-electron chi connectivity index (χ1n) is 16.3. The zero-order valence-electron chi connectivity index (χ0n) is 30.0. The Hall–Kier alpha value is -3.05. The number of methoxy groups -OCH3 is 2. The molecule has 1 aromatic carbocycles. The van der Waals surface area contributed by atoms with E-state index >= 15 is 0 Å². The number of nitrogens with one attached hydrogen (secondary N) is 2. The summed E-state index contributed by atoms with van der Waals surface area (Å²) in [6.07, 6.45) is 0.261. The number of alkyl carbamates (subject to hydrolysis) is 1. The monoisotopic (exact) mass is 651 g/mol. The molecule has 0 unspecified atom stereocenters. The van der Waals surface area contributed by atoms with E-state index in [2.05, 4.69) is 24.5 Å². The van der Waals surface area contributed by atoms with Crippen molar-refractivity contribution in [1.29, 1.82) is 0 Å². The molecule has 0 saturated heterocycles. The molecular formula is C35H61N3O8. The van der Waals surface area contributed by atoms with Gasteiger partial charge in [-0.2, -0.15) is 0 Å². The smallest absolute Gasteiger partial charge is 0.407 e. The normalized spacial score (nSPS) is 14.7. The van der Waals surface area contributed by atoms with Crippen molar-refractivity contribution in [2.24, 2.45) is 34.8 Å². The molecule has 1 rings (SSSR count). The molecule has 0 saturated carbocycles. The van der Waals surface area contributed by atoms with Crippen LogP contribution in [0.25, 0.3) is 0 Å². The molecule has 46 heavy (non-hydrogen) atoms. The van der Waals surface area contributed by atoms with Crippen molar-refractivity contribution in [2.75, 3.05) is 34.0 Å². The summed E-state index contributed by atoms with van der Waals surface area (Å²) >= 11 is 0. The van der Waals surface area contributed by atoms with Gasteiger partial charge in [0.25, 0.3) is 0 Å². The maximum absolute atomic E-state index is 13.3. The molecule has 4 atom stereocenters. The lowest BCUT2D eigenvalue weighted by Gasteiger charge is -2.33. The van der Waals surface area contributed by atoms with Crippen molar-refractivity contribution in [3.63, 3.8) is 0 Å². The quantitative estimate of drug-likeness (QED) is 0.146. The highest BCUT2D eigenvalue weighted by molar-refractivity contribution is 5.83. The summed E-state index contributed by atoms with van der Waals surface area (Å²) in [6, 6.07) is 5.16. The summed E-state index contributed by atoms with van der Waals surface area (Å²) < 4.78 is 22.2. The minimum atomic E-state index is -1.05. The summed E-state index contributed by atoms with van der Waals surface area (Å²) in [5, 5.41) is 17.4. The van der Waals surface area contributed by atoms with Crippen LogP contribution in [0.3, 0.4) is 0 Å². The fraction of sp³-hybridized carbons (Fsp3) is 0.743. The van der Waals surface area contributed by atoms with Crippen molar-refractivity contribution in [3.8, 4) is 11.5 Å². The third-order valence-electron chi connectivity index (χ3n) is 8.15. The van der Waals surface area contributed by atoms with Gasteiger partial charge in [0, 0.05) is 32.6 Å². The number of ether oxygens (including phenoxy) is 4. The van der Waals surface area contributed by atoms with Crippen LogP contribution < -0.4 is 25.8 Å². The number of amides is 3. The molecule has 0 radical (unpaired) electrons. The summed E-state index contributed by atoms with van der Waals surface area (Å²) in [5.41, 5.74) is 4.87. The predicted molar refractivity (Wildman–Crippen MR) is 180 cm³/mol. The van der Waals surface area contributed by atoms with Crippen LogP contribution in [0.5, 0.6) is 11.5 Å². The lowest BCUT2D eigenvalue weighted by Crippen LogP contribution is -2.49. The van der Waals surface area contributed by atoms with Crippen molar-refractivity contribution in [1.82, 2.24) is 10.6 Å². The van der Waals surface area contributed by atoms with Gasteiger partial charge in [-0.25, -0.2) is 4.79 Å². The second kappa shape index (κ2) is 18.9. The molecule has 0 heterocycles. The van der Waals surface area contributed by atoms with Gasteiger partial charge in [-0.1, -0.05) is 33.8 Å². The Morgan fingerprint density at radius 1 is 0.935 bits per heavy atom. The number of benzene rings is 1. The lowest BCUT2D eigenvalue weighted by atomic mass is 9.80. The molecular weight excluding hydrogens is 590 g/mol. The van der Waals surface area contributed by atoms with Gasteiger partial charge >= 0.3 is 6.09 Å². The van der Waals surface area contributed by atoms with E-state index in [0.717, 1.165) is 12.0 Å². The van der Waals surface area contributed by atoms with Crippen LogP contribution in [0.4, 0.5) is 4.79 Å². The van der Waals surface area contributed by atoms with Gasteiger partial charge in [0.1, 0.15) is 5.60 Å². The zero-order chi connectivity index (χ0) is 35.2. The number of aliphatic hydroxyl groups excluding tert-OH is 1. The third kappa shape index (κ3) is 14.6. The molecule has 264 valence electrons. The van der Waals surface area contributed by atoms with Crippen molar-refractivity contribution >= 4 is 17.9 Å². The molecule has 0 aliphatic rings. The van der Waals surface area contributed by atoms with E-state index in [0.29, 0.717) is 37.6 Å². The van der Waals surface area contributed by atoms with Crippen LogP contribution in [-0.2, 0) is 25.5 Å². The van der Waals surface area contributed by atoms with Crippen molar-refractivity contribution < 1.29 is 38.4 Å². The van der Waals surface area contributed by atoms with Crippen LogP contribution in [-0.4, -0.2) is 74.7 Å². The number of nitrogens with two attached hydrogens (primary N) is 1. The van der Waals surface area contributed by atoms with Crippen LogP contribution in [0.2, 0.25) is 0 Å². The Balaban J connectivity index is 3.26. The Kier molecular flexibility index (Phi) is 16.9. The fourth-order valence-electron chi connectivity index (χ4n) is 4.97. The Labute approximate surface area is 276 Å². The SMILES string of the molecule is COCCCOc1cc(C[C@H](C[C@H](NC(=O)OC(C)(C)C)[C@@H](O)C[C@@H](C(=O)NCC(C)(C)C(N)=O)C(C)C)C(C)C)ccc1OC. The molecule has 3 amide bonds. The highest BCUT2D eigenvalue weighted by Gasteiger charge is 2.34. The average Bonchev–Trinajstić information content (AvgIpc) is 2.94. The Morgan fingerprint density at radius 2 is 1.59 bits per heavy atom. The van der Waals surface area contributed by atoms with Gasteiger partial charge in [0.15, 0.2) is 11.5 Å².